The molecule has 1 saturated heterocycles. The molecule has 0 aromatic carbocycles. The van der Waals surface area contributed by atoms with E-state index < -0.39 is 0 Å². The molecule has 0 spiro atoms. The first kappa shape index (κ1) is 6.95. The average molecular weight is 155 g/mol. The molecular weight excluding hydrogens is 140 g/mol. The molecule has 1 N–H and O–H groups in total. The molecule has 2 atom stereocenters. The Morgan fingerprint density at radius 2 is 2.27 bits per heavy atom. The van der Waals surface area contributed by atoms with E-state index in [1.165, 1.54) is 6.42 Å². The predicted octanol–water partition coefficient (Wildman–Crippen LogP) is 0.614. The maximum absolute atomic E-state index is 9.59. The van der Waals surface area contributed by atoms with E-state index in [0.29, 0.717) is 17.9 Å². The first-order chi connectivity index (χ1) is 5.20. The van der Waals surface area contributed by atoms with Crippen LogP contribution in [0.25, 0.3) is 0 Å². The van der Waals surface area contributed by atoms with Crippen LogP contribution in [0.4, 0.5) is 0 Å². The number of hydrogen-bond acceptors (Lipinski definition) is 1. The molecule has 2 bridgehead atoms. The predicted molar refractivity (Wildman–Crippen MR) is 42.7 cm³/mol. The van der Waals surface area contributed by atoms with E-state index in [0.717, 1.165) is 13.0 Å². The summed E-state index contributed by atoms with van der Waals surface area (Å²) in [5.74, 6) is 0.977. The summed E-state index contributed by atoms with van der Waals surface area (Å²) in [6, 6.07) is 0.598. The Bertz CT molecular complexity index is 212. The lowest BCUT2D eigenvalue weighted by molar-refractivity contribution is -0.671. The van der Waals surface area contributed by atoms with Crippen LogP contribution in [-0.2, 0) is 0 Å². The zero-order valence-corrected chi connectivity index (χ0v) is 7.12. The Hall–Kier alpha value is -0.730. The quantitative estimate of drug-likeness (QED) is 0.519. The summed E-state index contributed by atoms with van der Waals surface area (Å²) in [5, 5.41) is 11.8. The monoisotopic (exact) mass is 155 g/mol. The Labute approximate surface area is 66.9 Å². The van der Waals surface area contributed by atoms with Crippen LogP contribution in [0, 0.1) is 5.92 Å². The van der Waals surface area contributed by atoms with Gasteiger partial charge in [0.05, 0.1) is 12.6 Å². The number of hydrazine groups is 1. The summed E-state index contributed by atoms with van der Waals surface area (Å²) in [6.07, 6.45) is 2.35. The van der Waals surface area contributed by atoms with Crippen LogP contribution in [0.1, 0.15) is 19.8 Å². The number of nitrogens with zero attached hydrogens (tertiary/aromatic N) is 2. The minimum Gasteiger partial charge on any atom is -0.461 e. The highest BCUT2D eigenvalue weighted by molar-refractivity contribution is 5.72. The second-order valence-corrected chi connectivity index (χ2v) is 3.63. The molecule has 2 aliphatic rings. The van der Waals surface area contributed by atoms with E-state index in [1.807, 2.05) is 11.7 Å². The van der Waals surface area contributed by atoms with Crippen molar-refractivity contribution < 1.29 is 9.79 Å². The third kappa shape index (κ3) is 0.832. The van der Waals surface area contributed by atoms with Crippen molar-refractivity contribution in [2.24, 2.45) is 5.92 Å². The fourth-order valence-corrected chi connectivity index (χ4v) is 2.11. The van der Waals surface area contributed by atoms with Gasteiger partial charge in [0.1, 0.15) is 5.92 Å². The number of aliphatic hydroxyl groups is 1. The molecule has 2 heterocycles. The van der Waals surface area contributed by atoms with Crippen molar-refractivity contribution in [3.8, 4) is 0 Å². The van der Waals surface area contributed by atoms with Gasteiger partial charge in [0, 0.05) is 0 Å². The van der Waals surface area contributed by atoms with Crippen LogP contribution in [0.2, 0.25) is 0 Å². The first-order valence-electron chi connectivity index (χ1n) is 4.26. The minimum atomic E-state index is 0.413. The number of hydrogen-bond donors (Lipinski definition) is 1. The lowest BCUT2D eigenvalue weighted by Crippen LogP contribution is -2.39. The summed E-state index contributed by atoms with van der Waals surface area (Å²) in [6.45, 7) is 3.23. The molecule has 0 aliphatic carbocycles. The Balaban J connectivity index is 2.29. The number of piperidine rings is 1. The summed E-state index contributed by atoms with van der Waals surface area (Å²) < 4.78 is 1.91. The zero-order valence-electron chi connectivity index (χ0n) is 7.12. The van der Waals surface area contributed by atoms with E-state index in [9.17, 15) is 5.11 Å². The Morgan fingerprint density at radius 3 is 2.91 bits per heavy atom. The molecule has 0 aromatic rings. The summed E-state index contributed by atoms with van der Waals surface area (Å²) >= 11 is 0. The van der Waals surface area contributed by atoms with Gasteiger partial charge >= 0.3 is 5.90 Å². The molecule has 62 valence electrons. The zero-order chi connectivity index (χ0) is 8.01. The molecule has 0 amide bonds. The lowest BCUT2D eigenvalue weighted by atomic mass is 9.96. The highest BCUT2D eigenvalue weighted by Crippen LogP contribution is 2.26. The topological polar surface area (TPSA) is 26.5 Å². The van der Waals surface area contributed by atoms with Gasteiger partial charge in [0.25, 0.3) is 0 Å². The molecule has 0 radical (unpaired) electrons. The van der Waals surface area contributed by atoms with Crippen molar-refractivity contribution in [2.75, 3.05) is 13.6 Å². The second kappa shape index (κ2) is 2.13. The molecule has 3 nitrogen and oxygen atoms in total. The van der Waals surface area contributed by atoms with Gasteiger partial charge in [-0.05, 0) is 19.8 Å². The van der Waals surface area contributed by atoms with E-state index in [-0.39, 0.29) is 0 Å². The molecule has 0 aromatic heterocycles. The van der Waals surface area contributed by atoms with Gasteiger partial charge in [-0.2, -0.15) is 5.01 Å². The van der Waals surface area contributed by atoms with Crippen LogP contribution >= 0.6 is 0 Å². The van der Waals surface area contributed by atoms with Crippen molar-refractivity contribution in [1.29, 1.82) is 0 Å². The highest BCUT2D eigenvalue weighted by Gasteiger charge is 2.43. The van der Waals surface area contributed by atoms with Crippen LogP contribution in [0.15, 0.2) is 0 Å². The second-order valence-electron chi connectivity index (χ2n) is 3.63. The molecule has 1 fully saturated rings. The van der Waals surface area contributed by atoms with Crippen molar-refractivity contribution in [2.45, 2.75) is 25.8 Å². The van der Waals surface area contributed by atoms with Crippen molar-refractivity contribution in [1.82, 2.24) is 5.01 Å². The maximum atomic E-state index is 9.59. The van der Waals surface area contributed by atoms with E-state index in [2.05, 4.69) is 11.9 Å². The van der Waals surface area contributed by atoms with Crippen molar-refractivity contribution in [3.63, 3.8) is 0 Å². The SMILES string of the molecule is CC1CCC2CN1[N+](C)=C2O. The summed E-state index contributed by atoms with van der Waals surface area (Å²) in [4.78, 5) is 0. The summed E-state index contributed by atoms with van der Waals surface area (Å²) in [5.41, 5.74) is 0. The van der Waals surface area contributed by atoms with E-state index in [1.54, 1.807) is 0 Å². The first-order valence-corrected chi connectivity index (χ1v) is 4.26. The molecule has 2 unspecified atom stereocenters. The number of fused-ring (bicyclic) bond motifs is 2. The number of hydrazone groups is 1. The Morgan fingerprint density at radius 1 is 1.55 bits per heavy atom. The van der Waals surface area contributed by atoms with Crippen molar-refractivity contribution >= 4 is 5.90 Å². The van der Waals surface area contributed by atoms with Gasteiger partial charge in [-0.1, -0.05) is 4.68 Å². The smallest absolute Gasteiger partial charge is 0.367 e. The van der Waals surface area contributed by atoms with Gasteiger partial charge in [0.2, 0.25) is 0 Å². The van der Waals surface area contributed by atoms with Gasteiger partial charge in [-0.3, -0.25) is 0 Å². The normalized spacial score (nSPS) is 36.7. The van der Waals surface area contributed by atoms with Crippen molar-refractivity contribution in [3.05, 3.63) is 0 Å². The lowest BCUT2D eigenvalue weighted by Gasteiger charge is -2.25. The fraction of sp³-hybridized carbons (Fsp3) is 0.875. The standard InChI is InChI=1S/C8H14N2O/c1-6-3-4-7-5-10(6)9(2)8(7)11/h6-7H,3-5H2,1-2H3/p+1. The van der Waals surface area contributed by atoms with Gasteiger partial charge < -0.3 is 5.11 Å². The fourth-order valence-electron chi connectivity index (χ4n) is 2.11. The van der Waals surface area contributed by atoms with E-state index in [4.69, 9.17) is 0 Å². The van der Waals surface area contributed by atoms with Crippen LogP contribution < -0.4 is 0 Å². The van der Waals surface area contributed by atoms with Crippen LogP contribution in [-0.4, -0.2) is 40.3 Å². The van der Waals surface area contributed by atoms with Crippen LogP contribution in [0.3, 0.4) is 0 Å². The van der Waals surface area contributed by atoms with E-state index >= 15 is 0 Å². The Kier molecular flexibility index (Phi) is 1.34. The van der Waals surface area contributed by atoms with Gasteiger partial charge in [0.15, 0.2) is 7.05 Å². The highest BCUT2D eigenvalue weighted by atomic mass is 16.3. The number of aliphatic hydroxyl groups excluding tert-OH is 1. The molecule has 2 aliphatic heterocycles. The maximum Gasteiger partial charge on any atom is 0.367 e. The van der Waals surface area contributed by atoms with Gasteiger partial charge in [-0.15, -0.1) is 0 Å². The third-order valence-electron chi connectivity index (χ3n) is 2.93. The summed E-state index contributed by atoms with van der Waals surface area (Å²) in [7, 11) is 1.94. The van der Waals surface area contributed by atoms with Gasteiger partial charge in [-0.25, -0.2) is 0 Å². The molecule has 2 rings (SSSR count). The molecule has 11 heavy (non-hydrogen) atoms. The average Bonchev–Trinajstić information content (AvgIpc) is 2.24. The number of rotatable bonds is 0. The minimum absolute atomic E-state index is 0.413. The van der Waals surface area contributed by atoms with Crippen LogP contribution in [0.5, 0.6) is 0 Å². The molecule has 0 saturated carbocycles. The third-order valence-corrected chi connectivity index (χ3v) is 2.93. The molecule has 3 heteroatoms. The molecular formula is C8H15N2O+. The largest absolute Gasteiger partial charge is 0.461 e.